The lowest BCUT2D eigenvalue weighted by molar-refractivity contribution is -0.138. The highest BCUT2D eigenvalue weighted by atomic mass is 16.5. The molecule has 1 atom stereocenters. The maximum Gasteiger partial charge on any atom is 0.223 e. The van der Waals surface area contributed by atoms with E-state index in [1.165, 1.54) is 0 Å². The Morgan fingerprint density at radius 3 is 2.88 bits per heavy atom. The minimum absolute atomic E-state index is 0.0723. The Balaban J connectivity index is 1.48. The van der Waals surface area contributed by atoms with Gasteiger partial charge >= 0.3 is 0 Å². The van der Waals surface area contributed by atoms with Crippen molar-refractivity contribution in [2.45, 2.75) is 45.6 Å². The third kappa shape index (κ3) is 4.66. The summed E-state index contributed by atoms with van der Waals surface area (Å²) in [6, 6.07) is 2.00. The van der Waals surface area contributed by atoms with Gasteiger partial charge in [0.2, 0.25) is 5.91 Å². The molecule has 7 nitrogen and oxygen atoms in total. The van der Waals surface area contributed by atoms with Gasteiger partial charge in [-0.15, -0.1) is 0 Å². The zero-order chi connectivity index (χ0) is 18.5. The normalized spacial score (nSPS) is 17.5. The molecule has 1 aliphatic rings. The van der Waals surface area contributed by atoms with Crippen LogP contribution in [-0.2, 0) is 29.4 Å². The summed E-state index contributed by atoms with van der Waals surface area (Å²) in [4.78, 5) is 22.9. The standard InChI is InChI=1S/C19H27N5O2/c1-14-10-17(21-13-20-14)5-6-18-12-24(8-9-26-18)19(25)7-4-16-11-22-23(3)15(16)2/h10-11,13,18H,4-9,12H2,1-3H3/t18-/m0/s1. The summed E-state index contributed by atoms with van der Waals surface area (Å²) in [5, 5.41) is 4.24. The number of amides is 1. The van der Waals surface area contributed by atoms with Crippen molar-refractivity contribution in [2.24, 2.45) is 7.05 Å². The molecule has 0 aliphatic carbocycles. The number of morpholine rings is 1. The molecule has 0 radical (unpaired) electrons. The Morgan fingerprint density at radius 2 is 2.15 bits per heavy atom. The van der Waals surface area contributed by atoms with Crippen molar-refractivity contribution in [2.75, 3.05) is 19.7 Å². The number of carbonyl (C=O) groups excluding carboxylic acids is 1. The summed E-state index contributed by atoms with van der Waals surface area (Å²) >= 11 is 0. The molecule has 26 heavy (non-hydrogen) atoms. The predicted molar refractivity (Wildman–Crippen MR) is 97.7 cm³/mol. The second-order valence-electron chi connectivity index (χ2n) is 6.90. The Morgan fingerprint density at radius 1 is 1.31 bits per heavy atom. The fourth-order valence-electron chi connectivity index (χ4n) is 3.27. The summed E-state index contributed by atoms with van der Waals surface area (Å²) in [5.74, 6) is 0.194. The molecule has 0 spiro atoms. The zero-order valence-corrected chi connectivity index (χ0v) is 15.8. The Labute approximate surface area is 154 Å². The van der Waals surface area contributed by atoms with Gasteiger partial charge in [0.15, 0.2) is 0 Å². The first-order chi connectivity index (χ1) is 12.5. The lowest BCUT2D eigenvalue weighted by Gasteiger charge is -2.33. The van der Waals surface area contributed by atoms with Gasteiger partial charge in [-0.1, -0.05) is 0 Å². The van der Waals surface area contributed by atoms with E-state index in [2.05, 4.69) is 15.1 Å². The highest BCUT2D eigenvalue weighted by Crippen LogP contribution is 2.15. The van der Waals surface area contributed by atoms with Crippen LogP contribution in [0.2, 0.25) is 0 Å². The van der Waals surface area contributed by atoms with Crippen LogP contribution in [0, 0.1) is 13.8 Å². The smallest absolute Gasteiger partial charge is 0.223 e. The summed E-state index contributed by atoms with van der Waals surface area (Å²) in [6.45, 7) is 5.94. The minimum atomic E-state index is 0.0723. The van der Waals surface area contributed by atoms with E-state index in [0.29, 0.717) is 26.1 Å². The largest absolute Gasteiger partial charge is 0.375 e. The fraction of sp³-hybridized carbons (Fsp3) is 0.579. The zero-order valence-electron chi connectivity index (χ0n) is 15.8. The van der Waals surface area contributed by atoms with Gasteiger partial charge in [0.25, 0.3) is 0 Å². The molecule has 140 valence electrons. The van der Waals surface area contributed by atoms with Crippen LogP contribution in [0.4, 0.5) is 0 Å². The summed E-state index contributed by atoms with van der Waals surface area (Å²) in [5.41, 5.74) is 4.27. The first-order valence-electron chi connectivity index (χ1n) is 9.17. The van der Waals surface area contributed by atoms with Crippen molar-refractivity contribution in [1.82, 2.24) is 24.6 Å². The highest BCUT2D eigenvalue weighted by molar-refractivity contribution is 5.76. The molecule has 0 saturated carbocycles. The van der Waals surface area contributed by atoms with Gasteiger partial charge in [0.1, 0.15) is 6.33 Å². The van der Waals surface area contributed by atoms with Crippen LogP contribution in [0.5, 0.6) is 0 Å². The fourth-order valence-corrected chi connectivity index (χ4v) is 3.27. The van der Waals surface area contributed by atoms with E-state index < -0.39 is 0 Å². The molecule has 0 unspecified atom stereocenters. The van der Waals surface area contributed by atoms with Crippen LogP contribution in [0.15, 0.2) is 18.6 Å². The molecule has 0 bridgehead atoms. The molecular formula is C19H27N5O2. The predicted octanol–water partition coefficient (Wildman–Crippen LogP) is 1.62. The summed E-state index contributed by atoms with van der Waals surface area (Å²) in [7, 11) is 1.92. The topological polar surface area (TPSA) is 73.1 Å². The maximum atomic E-state index is 12.6. The van der Waals surface area contributed by atoms with Crippen molar-refractivity contribution in [1.29, 1.82) is 0 Å². The van der Waals surface area contributed by atoms with Gasteiger partial charge in [-0.25, -0.2) is 9.97 Å². The van der Waals surface area contributed by atoms with Crippen molar-refractivity contribution in [3.63, 3.8) is 0 Å². The van der Waals surface area contributed by atoms with E-state index in [1.54, 1.807) is 6.33 Å². The van der Waals surface area contributed by atoms with Crippen molar-refractivity contribution in [3.05, 3.63) is 41.2 Å². The number of aryl methyl sites for hydroxylation is 4. The van der Waals surface area contributed by atoms with E-state index in [-0.39, 0.29) is 12.0 Å². The molecule has 3 rings (SSSR count). The van der Waals surface area contributed by atoms with Crippen LogP contribution in [-0.4, -0.2) is 56.4 Å². The van der Waals surface area contributed by atoms with Crippen molar-refractivity contribution >= 4 is 5.91 Å². The van der Waals surface area contributed by atoms with Gasteiger partial charge < -0.3 is 9.64 Å². The van der Waals surface area contributed by atoms with E-state index >= 15 is 0 Å². The number of rotatable bonds is 6. The quantitative estimate of drug-likeness (QED) is 0.785. The number of aromatic nitrogens is 4. The van der Waals surface area contributed by atoms with E-state index in [4.69, 9.17) is 4.74 Å². The van der Waals surface area contributed by atoms with Crippen LogP contribution >= 0.6 is 0 Å². The molecule has 2 aromatic rings. The molecule has 7 heteroatoms. The van der Waals surface area contributed by atoms with Gasteiger partial charge in [-0.2, -0.15) is 5.10 Å². The molecule has 2 aromatic heterocycles. The van der Waals surface area contributed by atoms with E-state index in [1.807, 2.05) is 42.7 Å². The molecule has 1 aliphatic heterocycles. The first-order valence-corrected chi connectivity index (χ1v) is 9.17. The lowest BCUT2D eigenvalue weighted by atomic mass is 10.1. The van der Waals surface area contributed by atoms with Gasteiger partial charge in [0.05, 0.1) is 18.9 Å². The average Bonchev–Trinajstić information content (AvgIpc) is 2.97. The van der Waals surface area contributed by atoms with Crippen molar-refractivity contribution in [3.8, 4) is 0 Å². The summed E-state index contributed by atoms with van der Waals surface area (Å²) < 4.78 is 7.69. The second-order valence-corrected chi connectivity index (χ2v) is 6.90. The minimum Gasteiger partial charge on any atom is -0.375 e. The molecule has 0 aromatic carbocycles. The van der Waals surface area contributed by atoms with Crippen LogP contribution in [0.3, 0.4) is 0 Å². The third-order valence-electron chi connectivity index (χ3n) is 5.02. The second kappa shape index (κ2) is 8.40. The number of ether oxygens (including phenoxy) is 1. The van der Waals surface area contributed by atoms with Crippen molar-refractivity contribution < 1.29 is 9.53 Å². The van der Waals surface area contributed by atoms with Crippen LogP contribution in [0.25, 0.3) is 0 Å². The number of carbonyl (C=O) groups is 1. The first kappa shape index (κ1) is 18.5. The number of hydrogen-bond acceptors (Lipinski definition) is 5. The third-order valence-corrected chi connectivity index (χ3v) is 5.02. The lowest BCUT2D eigenvalue weighted by Crippen LogP contribution is -2.45. The van der Waals surface area contributed by atoms with Crippen LogP contribution < -0.4 is 0 Å². The monoisotopic (exact) mass is 357 g/mol. The Kier molecular flexibility index (Phi) is 5.98. The van der Waals surface area contributed by atoms with Crippen LogP contribution in [0.1, 0.15) is 35.5 Å². The van der Waals surface area contributed by atoms with E-state index in [9.17, 15) is 4.79 Å². The van der Waals surface area contributed by atoms with Gasteiger partial charge in [-0.3, -0.25) is 9.48 Å². The number of hydrogen-bond donors (Lipinski definition) is 0. The Bertz CT molecular complexity index is 758. The Hall–Kier alpha value is -2.28. The molecule has 0 N–H and O–H groups in total. The van der Waals surface area contributed by atoms with E-state index in [0.717, 1.165) is 41.9 Å². The SMILES string of the molecule is Cc1cc(CC[C@H]2CN(C(=O)CCc3cnn(C)c3C)CCO2)ncn1. The molecule has 1 amide bonds. The molecular weight excluding hydrogens is 330 g/mol. The molecule has 1 saturated heterocycles. The number of nitrogens with zero attached hydrogens (tertiary/aromatic N) is 5. The average molecular weight is 357 g/mol. The molecule has 3 heterocycles. The highest BCUT2D eigenvalue weighted by Gasteiger charge is 2.24. The molecule has 1 fully saturated rings. The van der Waals surface area contributed by atoms with Gasteiger partial charge in [-0.05, 0) is 44.7 Å². The maximum absolute atomic E-state index is 12.6. The summed E-state index contributed by atoms with van der Waals surface area (Å²) in [6.07, 6.45) is 6.48. The van der Waals surface area contributed by atoms with Gasteiger partial charge in [0, 0.05) is 43.6 Å².